The molecule has 0 aromatic carbocycles. The van der Waals surface area contributed by atoms with E-state index < -0.39 is 20.4 Å². The van der Waals surface area contributed by atoms with Gasteiger partial charge in [-0.15, -0.1) is 0 Å². The Kier molecular flexibility index (Phi) is 1.21. The van der Waals surface area contributed by atoms with Gasteiger partial charge in [0.05, 0.1) is 0 Å². The fourth-order valence-corrected chi connectivity index (χ4v) is 8.34. The molecule has 0 aromatic heterocycles. The van der Waals surface area contributed by atoms with Crippen molar-refractivity contribution in [1.82, 2.24) is 7.06 Å². The molecule has 1 unspecified atom stereocenters. The summed E-state index contributed by atoms with van der Waals surface area (Å²) >= 11 is 1.51. The summed E-state index contributed by atoms with van der Waals surface area (Å²) in [5, 5.41) is 7.14. The summed E-state index contributed by atoms with van der Waals surface area (Å²) in [6.07, 6.45) is 1.53. The van der Waals surface area contributed by atoms with Crippen LogP contribution >= 0.6 is 43.0 Å². The van der Waals surface area contributed by atoms with Gasteiger partial charge in [0.2, 0.25) is 0 Å². The van der Waals surface area contributed by atoms with Crippen LogP contribution in [0.5, 0.6) is 0 Å². The van der Waals surface area contributed by atoms with E-state index in [-0.39, 0.29) is 7.09 Å². The second-order valence-electron chi connectivity index (χ2n) is 2.35. The average Bonchev–Trinajstić information content (AvgIpc) is 2.45. The van der Waals surface area contributed by atoms with Crippen molar-refractivity contribution in [3.63, 3.8) is 0 Å². The van der Waals surface area contributed by atoms with Crippen LogP contribution in [-0.2, 0) is 0 Å². The van der Waals surface area contributed by atoms with Crippen molar-refractivity contribution >= 4 is 49.2 Å². The van der Waals surface area contributed by atoms with E-state index in [1.54, 1.807) is 0 Å². The Balaban J connectivity index is 2.19. The van der Waals surface area contributed by atoms with Crippen LogP contribution in [-0.4, -0.2) is 13.3 Å². The molecule has 0 aliphatic carbocycles. The molecule has 3 N–H and O–H groups in total. The van der Waals surface area contributed by atoms with Gasteiger partial charge in [-0.3, -0.25) is 0 Å². The van der Waals surface area contributed by atoms with Crippen molar-refractivity contribution in [3.05, 3.63) is 0 Å². The Labute approximate surface area is 75.1 Å². The maximum atomic E-state index is 7.14. The summed E-state index contributed by atoms with van der Waals surface area (Å²) in [6.45, 7) is 2.09. The molecule has 0 radical (unpaired) electrons. The second kappa shape index (κ2) is 1.62. The van der Waals surface area contributed by atoms with Crippen LogP contribution in [0.2, 0.25) is 0 Å². The number of hydrogen-bond donors (Lipinski definition) is 3. The number of fused-ring (bicyclic) bond motifs is 1. The number of rotatable bonds is 2. The van der Waals surface area contributed by atoms with Crippen molar-refractivity contribution in [2.75, 3.05) is 0 Å². The van der Waals surface area contributed by atoms with E-state index in [9.17, 15) is 0 Å². The van der Waals surface area contributed by atoms with Crippen LogP contribution in [0.3, 0.4) is 0 Å². The molecule has 0 aromatic rings. The SMILES string of the molecule is CC(I)(C=N)C12NI1N2. The van der Waals surface area contributed by atoms with Crippen molar-refractivity contribution in [3.8, 4) is 0 Å². The van der Waals surface area contributed by atoms with Gasteiger partial charge >= 0.3 is 75.7 Å². The molecule has 9 heavy (non-hydrogen) atoms. The molecule has 2 aliphatic heterocycles. The standard InChI is InChI=1S/C4H7I2N3/c1-3(5,2-7)4-6(8-4)9-4/h2,7-9H,1H3. The summed E-state index contributed by atoms with van der Waals surface area (Å²) in [6, 6.07) is 0. The summed E-state index contributed by atoms with van der Waals surface area (Å²) in [5.41, 5.74) is 0. The zero-order valence-corrected chi connectivity index (χ0v) is 9.15. The van der Waals surface area contributed by atoms with Gasteiger partial charge in [0.1, 0.15) is 0 Å². The summed E-state index contributed by atoms with van der Waals surface area (Å²) < 4.78 is 7.06. The molecule has 5 heteroatoms. The Morgan fingerprint density at radius 3 is 2.33 bits per heavy atom. The van der Waals surface area contributed by atoms with E-state index in [0.29, 0.717) is 0 Å². The molecular weight excluding hydrogens is 344 g/mol. The van der Waals surface area contributed by atoms with Crippen LogP contribution in [0.1, 0.15) is 6.92 Å². The molecule has 52 valence electrons. The fourth-order valence-electron chi connectivity index (χ4n) is 0.694. The predicted octanol–water partition coefficient (Wildman–Crippen LogP) is 1.03. The van der Waals surface area contributed by atoms with E-state index in [4.69, 9.17) is 5.41 Å². The van der Waals surface area contributed by atoms with Crippen LogP contribution in [0.15, 0.2) is 0 Å². The topological polar surface area (TPSA) is 67.7 Å². The average molecular weight is 351 g/mol. The Bertz CT molecular complexity index is 173. The van der Waals surface area contributed by atoms with Crippen LogP contribution in [0.4, 0.5) is 0 Å². The van der Waals surface area contributed by atoms with Gasteiger partial charge < -0.3 is 0 Å². The molecule has 3 nitrogen and oxygen atoms in total. The monoisotopic (exact) mass is 351 g/mol. The van der Waals surface area contributed by atoms with Crippen molar-refractivity contribution in [2.24, 2.45) is 0 Å². The van der Waals surface area contributed by atoms with Gasteiger partial charge in [0, 0.05) is 0 Å². The Morgan fingerprint density at radius 2 is 2.22 bits per heavy atom. The third-order valence-electron chi connectivity index (χ3n) is 1.61. The first-order valence-corrected chi connectivity index (χ1v) is 6.90. The molecular formula is C4H7I2N3. The van der Waals surface area contributed by atoms with Gasteiger partial charge in [0.15, 0.2) is 0 Å². The van der Waals surface area contributed by atoms with Crippen LogP contribution < -0.4 is 7.06 Å². The number of hydrogen-bond acceptors (Lipinski definition) is 3. The molecule has 2 heterocycles. The molecule has 2 saturated heterocycles. The summed E-state index contributed by atoms with van der Waals surface area (Å²) in [4.78, 5) is 0. The van der Waals surface area contributed by atoms with E-state index in [1.807, 2.05) is 0 Å². The first kappa shape index (κ1) is 6.74. The van der Waals surface area contributed by atoms with Crippen molar-refractivity contribution < 1.29 is 0 Å². The summed E-state index contributed by atoms with van der Waals surface area (Å²) in [5.74, 6) is 0. The Morgan fingerprint density at radius 1 is 1.78 bits per heavy atom. The first-order chi connectivity index (χ1) is 4.12. The number of nitrogens with one attached hydrogen (secondary N) is 3. The van der Waals surface area contributed by atoms with Crippen LogP contribution in [0.25, 0.3) is 0 Å². The minimum atomic E-state index is -0.808. The quantitative estimate of drug-likeness (QED) is 0.174. The van der Waals surface area contributed by atoms with Gasteiger partial charge in [-0.2, -0.15) is 0 Å². The van der Waals surface area contributed by atoms with Gasteiger partial charge in [-0.25, -0.2) is 0 Å². The van der Waals surface area contributed by atoms with Crippen molar-refractivity contribution in [1.29, 1.82) is 5.41 Å². The van der Waals surface area contributed by atoms with E-state index >= 15 is 0 Å². The van der Waals surface area contributed by atoms with Gasteiger partial charge in [-0.05, 0) is 0 Å². The van der Waals surface area contributed by atoms with E-state index in [0.717, 1.165) is 0 Å². The fraction of sp³-hybridized carbons (Fsp3) is 0.750. The van der Waals surface area contributed by atoms with E-state index in [2.05, 4.69) is 36.6 Å². The zero-order valence-electron chi connectivity index (χ0n) is 4.83. The van der Waals surface area contributed by atoms with E-state index in [1.165, 1.54) is 6.21 Å². The molecule has 0 spiro atoms. The number of halogens is 2. The first-order valence-electron chi connectivity index (χ1n) is 2.58. The maximum absolute atomic E-state index is 7.14. The van der Waals surface area contributed by atoms with Crippen LogP contribution in [0, 0.1) is 5.41 Å². The Hall–Kier alpha value is 1.05. The molecule has 1 atom stereocenters. The molecule has 0 bridgehead atoms. The molecule has 2 rings (SSSR count). The third kappa shape index (κ3) is 0.717. The molecule has 0 saturated carbocycles. The van der Waals surface area contributed by atoms with Gasteiger partial charge in [-0.1, -0.05) is 0 Å². The molecule has 2 fully saturated rings. The molecule has 0 amide bonds. The zero-order chi connectivity index (χ0) is 6.70. The van der Waals surface area contributed by atoms with Gasteiger partial charge in [0.25, 0.3) is 0 Å². The summed E-state index contributed by atoms with van der Waals surface area (Å²) in [7, 11) is 0. The molecule has 2 aliphatic rings. The third-order valence-corrected chi connectivity index (χ3v) is 8.65. The van der Waals surface area contributed by atoms with Crippen molar-refractivity contribution in [2.45, 2.75) is 14.0 Å². The normalized spacial score (nSPS) is 36.4. The minimum absolute atomic E-state index is 0.0234. The second-order valence-corrected chi connectivity index (χ2v) is 8.91. The number of alkyl halides is 2. The predicted molar refractivity (Wildman–Crippen MR) is 54.2 cm³/mol.